The van der Waals surface area contributed by atoms with E-state index in [9.17, 15) is 13.9 Å². The Hall–Kier alpha value is -0.520. The molecule has 2 N–H and O–H groups in total. The number of aliphatic hydroxyl groups is 1. The molecule has 3 nitrogen and oxygen atoms in total. The summed E-state index contributed by atoms with van der Waals surface area (Å²) in [7, 11) is 1.38. The summed E-state index contributed by atoms with van der Waals surface area (Å²) in [5.41, 5.74) is 0.261. The molecule has 17 heavy (non-hydrogen) atoms. The summed E-state index contributed by atoms with van der Waals surface area (Å²) >= 11 is 0. The van der Waals surface area contributed by atoms with Gasteiger partial charge < -0.3 is 9.84 Å². The summed E-state index contributed by atoms with van der Waals surface area (Å²) in [6, 6.07) is -0.0600. The molecule has 100 valence electrons. The molecule has 0 radical (unpaired) electrons. The van der Waals surface area contributed by atoms with Gasteiger partial charge in [-0.15, -0.1) is 0 Å². The molecule has 5 heteroatoms. The summed E-state index contributed by atoms with van der Waals surface area (Å²) in [6.45, 7) is 1.86. The van der Waals surface area contributed by atoms with E-state index in [0.29, 0.717) is 6.42 Å². The van der Waals surface area contributed by atoms with Gasteiger partial charge in [-0.25, -0.2) is 8.78 Å². The number of ether oxygens (including phenoxy) is 1. The van der Waals surface area contributed by atoms with Crippen LogP contribution in [0.5, 0.6) is 0 Å². The lowest BCUT2D eigenvalue weighted by atomic mass is 9.83. The fraction of sp³-hybridized carbons (Fsp3) is 0.833. The Bertz CT molecular complexity index is 259. The summed E-state index contributed by atoms with van der Waals surface area (Å²) < 4.78 is 30.2. The molecule has 0 bridgehead atoms. The molecule has 0 aromatic heterocycles. The van der Waals surface area contributed by atoms with Gasteiger partial charge in [0.1, 0.15) is 0 Å². The average molecular weight is 249 g/mol. The van der Waals surface area contributed by atoms with Gasteiger partial charge in [0.25, 0.3) is 6.43 Å². The zero-order valence-electron chi connectivity index (χ0n) is 10.3. The first kappa shape index (κ1) is 14.5. The van der Waals surface area contributed by atoms with Crippen LogP contribution in [0.3, 0.4) is 0 Å². The minimum Gasteiger partial charge on any atom is -0.356 e. The molecule has 3 atom stereocenters. The number of nitrogens with one attached hydrogen (secondary N) is 1. The van der Waals surface area contributed by atoms with Crippen LogP contribution in [0.15, 0.2) is 11.6 Å². The predicted octanol–water partition coefficient (Wildman–Crippen LogP) is 2.27. The lowest BCUT2D eigenvalue weighted by Crippen LogP contribution is -2.39. The van der Waals surface area contributed by atoms with E-state index < -0.39 is 12.8 Å². The van der Waals surface area contributed by atoms with E-state index in [-0.39, 0.29) is 17.5 Å². The van der Waals surface area contributed by atoms with Gasteiger partial charge in [-0.2, -0.15) is 0 Å². The van der Waals surface area contributed by atoms with Crippen LogP contribution in [-0.2, 0) is 4.74 Å². The van der Waals surface area contributed by atoms with Crippen molar-refractivity contribution in [2.45, 2.75) is 51.5 Å². The van der Waals surface area contributed by atoms with Gasteiger partial charge in [-0.3, -0.25) is 5.32 Å². The lowest BCUT2D eigenvalue weighted by molar-refractivity contribution is -0.103. The summed E-state index contributed by atoms with van der Waals surface area (Å²) in [5.74, 6) is -0.0877. The van der Waals surface area contributed by atoms with Crippen molar-refractivity contribution in [3.63, 3.8) is 0 Å². The van der Waals surface area contributed by atoms with Crippen molar-refractivity contribution >= 4 is 0 Å². The second kappa shape index (κ2) is 7.03. The SMILES string of the molecule is COC(O)NC(C)CC1CCCC=C1C(F)F. The molecular weight excluding hydrogens is 228 g/mol. The number of aliphatic hydroxyl groups excluding tert-OH is 1. The topological polar surface area (TPSA) is 41.5 Å². The van der Waals surface area contributed by atoms with Gasteiger partial charge in [-0.1, -0.05) is 6.08 Å². The minimum absolute atomic E-state index is 0.0600. The van der Waals surface area contributed by atoms with Crippen LogP contribution in [0.2, 0.25) is 0 Å². The molecule has 0 aromatic carbocycles. The molecule has 0 spiro atoms. The highest BCUT2D eigenvalue weighted by molar-refractivity contribution is 5.12. The maximum Gasteiger partial charge on any atom is 0.260 e. The molecule has 0 aliphatic heterocycles. The Kier molecular flexibility index (Phi) is 6.02. The first-order valence-electron chi connectivity index (χ1n) is 5.99. The molecule has 1 rings (SSSR count). The number of allylic oxidation sites excluding steroid dienone is 2. The Balaban J connectivity index is 2.48. The zero-order valence-corrected chi connectivity index (χ0v) is 10.3. The van der Waals surface area contributed by atoms with Crippen LogP contribution in [0.1, 0.15) is 32.6 Å². The van der Waals surface area contributed by atoms with E-state index in [1.807, 2.05) is 6.92 Å². The minimum atomic E-state index is -2.36. The van der Waals surface area contributed by atoms with Crippen LogP contribution >= 0.6 is 0 Å². The Labute approximate surface area is 101 Å². The molecule has 1 aliphatic carbocycles. The monoisotopic (exact) mass is 249 g/mol. The van der Waals surface area contributed by atoms with Crippen molar-refractivity contribution in [1.29, 1.82) is 0 Å². The molecule has 0 aromatic rings. The van der Waals surface area contributed by atoms with E-state index in [4.69, 9.17) is 0 Å². The molecule has 0 saturated heterocycles. The zero-order chi connectivity index (χ0) is 12.8. The number of alkyl halides is 2. The predicted molar refractivity (Wildman–Crippen MR) is 61.7 cm³/mol. The van der Waals surface area contributed by atoms with Crippen LogP contribution in [-0.4, -0.2) is 31.1 Å². The normalized spacial score (nSPS) is 24.6. The maximum absolute atomic E-state index is 12.8. The number of methoxy groups -OCH3 is 1. The second-order valence-corrected chi connectivity index (χ2v) is 4.52. The van der Waals surface area contributed by atoms with Crippen molar-refractivity contribution < 1.29 is 18.6 Å². The maximum atomic E-state index is 12.8. The van der Waals surface area contributed by atoms with Gasteiger partial charge in [0.15, 0.2) is 0 Å². The van der Waals surface area contributed by atoms with Crippen molar-refractivity contribution in [3.8, 4) is 0 Å². The van der Waals surface area contributed by atoms with E-state index in [1.54, 1.807) is 6.08 Å². The highest BCUT2D eigenvalue weighted by Crippen LogP contribution is 2.32. The first-order chi connectivity index (χ1) is 8.04. The van der Waals surface area contributed by atoms with Gasteiger partial charge in [0, 0.05) is 13.2 Å². The quantitative estimate of drug-likeness (QED) is 0.560. The summed E-state index contributed by atoms with van der Waals surface area (Å²) in [4.78, 5) is 0. The van der Waals surface area contributed by atoms with Crippen LogP contribution < -0.4 is 5.32 Å². The van der Waals surface area contributed by atoms with Crippen molar-refractivity contribution in [3.05, 3.63) is 11.6 Å². The van der Waals surface area contributed by atoms with E-state index in [0.717, 1.165) is 19.3 Å². The number of hydrogen-bond donors (Lipinski definition) is 2. The van der Waals surface area contributed by atoms with Gasteiger partial charge in [0.2, 0.25) is 6.41 Å². The fourth-order valence-corrected chi connectivity index (χ4v) is 2.29. The molecule has 3 unspecified atom stereocenters. The fourth-order valence-electron chi connectivity index (χ4n) is 2.29. The van der Waals surface area contributed by atoms with Crippen LogP contribution in [0.25, 0.3) is 0 Å². The largest absolute Gasteiger partial charge is 0.356 e. The number of halogens is 2. The molecule has 0 fully saturated rings. The number of rotatable bonds is 6. The molecule has 0 saturated carbocycles. The Morgan fingerprint density at radius 3 is 2.88 bits per heavy atom. The smallest absolute Gasteiger partial charge is 0.260 e. The standard InChI is InChI=1S/C12H21F2NO2/c1-8(15-12(16)17-2)7-9-5-3-4-6-10(9)11(13)14/h6,8-9,11-12,15-16H,3-5,7H2,1-2H3. The summed E-state index contributed by atoms with van der Waals surface area (Å²) in [6.07, 6.45) is 1.37. The first-order valence-corrected chi connectivity index (χ1v) is 5.99. The Morgan fingerprint density at radius 1 is 1.59 bits per heavy atom. The number of hydrogen-bond acceptors (Lipinski definition) is 3. The lowest BCUT2D eigenvalue weighted by Gasteiger charge is -2.27. The third kappa shape index (κ3) is 4.69. The Morgan fingerprint density at radius 2 is 2.29 bits per heavy atom. The van der Waals surface area contributed by atoms with E-state index in [1.165, 1.54) is 7.11 Å². The summed E-state index contributed by atoms with van der Waals surface area (Å²) in [5, 5.41) is 12.0. The molecular formula is C12H21F2NO2. The van der Waals surface area contributed by atoms with E-state index in [2.05, 4.69) is 10.1 Å². The average Bonchev–Trinajstić information content (AvgIpc) is 2.29. The third-order valence-corrected chi connectivity index (χ3v) is 3.15. The highest BCUT2D eigenvalue weighted by Gasteiger charge is 2.26. The van der Waals surface area contributed by atoms with Crippen molar-refractivity contribution in [1.82, 2.24) is 5.32 Å². The van der Waals surface area contributed by atoms with Gasteiger partial charge in [-0.05, 0) is 44.1 Å². The highest BCUT2D eigenvalue weighted by atomic mass is 19.3. The van der Waals surface area contributed by atoms with Gasteiger partial charge >= 0.3 is 0 Å². The molecule has 0 heterocycles. The van der Waals surface area contributed by atoms with Crippen molar-refractivity contribution in [2.75, 3.05) is 7.11 Å². The van der Waals surface area contributed by atoms with Gasteiger partial charge in [0.05, 0.1) is 0 Å². The van der Waals surface area contributed by atoms with Crippen LogP contribution in [0, 0.1) is 5.92 Å². The molecule has 1 aliphatic rings. The van der Waals surface area contributed by atoms with Crippen molar-refractivity contribution in [2.24, 2.45) is 5.92 Å². The second-order valence-electron chi connectivity index (χ2n) is 4.52. The van der Waals surface area contributed by atoms with Crippen LogP contribution in [0.4, 0.5) is 8.78 Å². The van der Waals surface area contributed by atoms with E-state index >= 15 is 0 Å². The molecule has 0 amide bonds. The third-order valence-electron chi connectivity index (χ3n) is 3.15.